The molecule has 0 unspecified atom stereocenters. The van der Waals surface area contributed by atoms with E-state index in [1.807, 2.05) is 34.1 Å². The zero-order chi connectivity index (χ0) is 83.0. The lowest BCUT2D eigenvalue weighted by molar-refractivity contribution is 0.475. The minimum Gasteiger partial charge on any atom is -0.506 e. The van der Waals surface area contributed by atoms with Gasteiger partial charge in [0.1, 0.15) is 11.5 Å². The highest BCUT2D eigenvalue weighted by atomic mass is 16.3. The summed E-state index contributed by atoms with van der Waals surface area (Å²) in [4.78, 5) is 8.44. The monoisotopic (exact) mass is 1580 g/mol. The van der Waals surface area contributed by atoms with Crippen molar-refractivity contribution in [2.24, 2.45) is 0 Å². The molecule has 0 amide bonds. The maximum Gasteiger partial charge on any atom is 0.139 e. The Morgan fingerprint density at radius 3 is 0.715 bits per heavy atom. The van der Waals surface area contributed by atoms with E-state index in [0.29, 0.717) is 47.3 Å². The van der Waals surface area contributed by atoms with E-state index in [2.05, 4.69) is 321 Å². The summed E-state index contributed by atoms with van der Waals surface area (Å²) in [6, 6.07) is 112. The van der Waals surface area contributed by atoms with Crippen molar-refractivity contribution in [1.29, 1.82) is 0 Å². The molecule has 0 bridgehead atoms. The van der Waals surface area contributed by atoms with Crippen molar-refractivity contribution in [3.05, 3.63) is 435 Å². The molecule has 0 fully saturated rings. The fourth-order valence-electron chi connectivity index (χ4n) is 21.2. The number of phenolic OH excluding ortho intramolecular Hbond substituents is 2. The highest BCUT2D eigenvalue weighted by Crippen LogP contribution is 2.57. The number of phenols is 2. The van der Waals surface area contributed by atoms with E-state index in [4.69, 9.17) is 52.6 Å². The van der Waals surface area contributed by atoms with E-state index in [1.54, 1.807) is 12.1 Å². The molecule has 24 rings (SSSR count). The molecule has 4 aliphatic rings. The Hall–Kier alpha value is -16.0. The number of benzene rings is 16. The molecule has 8 heterocycles. The summed E-state index contributed by atoms with van der Waals surface area (Å²) in [6.07, 6.45) is 0. The van der Waals surface area contributed by atoms with Gasteiger partial charge < -0.3 is 48.1 Å². The number of rotatable bonds is 12. The van der Waals surface area contributed by atoms with Crippen molar-refractivity contribution < 1.29 is 10.2 Å². The summed E-state index contributed by atoms with van der Waals surface area (Å²) < 4.78 is 9.67. The van der Waals surface area contributed by atoms with Gasteiger partial charge in [-0.3, -0.25) is 0 Å². The minimum atomic E-state index is -0.720. The largest absolute Gasteiger partial charge is 0.506 e. The Labute approximate surface area is 710 Å². The Balaban J connectivity index is 0.545. The molecular weight excluding hydrogens is 1500 g/mol. The van der Waals surface area contributed by atoms with Crippen LogP contribution in [0.5, 0.6) is 11.5 Å². The van der Waals surface area contributed by atoms with Crippen LogP contribution < -0.4 is 19.6 Å². The van der Waals surface area contributed by atoms with Crippen LogP contribution >= 0.6 is 0 Å². The molecule has 123 heavy (non-hydrogen) atoms. The van der Waals surface area contributed by atoms with Crippen molar-refractivity contribution in [2.75, 3.05) is 19.6 Å². The van der Waals surface area contributed by atoms with Crippen molar-refractivity contribution in [3.8, 4) is 22.9 Å². The molecule has 10 nitrogen and oxygen atoms in total. The molecule has 16 aromatic carbocycles. The van der Waals surface area contributed by atoms with Gasteiger partial charge in [0, 0.05) is 218 Å². The maximum absolute atomic E-state index is 12.3. The molecule has 4 aliphatic heterocycles. The van der Waals surface area contributed by atoms with Gasteiger partial charge in [-0.05, 0) is 131 Å². The van der Waals surface area contributed by atoms with E-state index in [1.165, 1.54) is 65.2 Å². The van der Waals surface area contributed by atoms with E-state index in [9.17, 15) is 10.2 Å². The average molecular weight is 1580 g/mol. The van der Waals surface area contributed by atoms with Gasteiger partial charge in [0.2, 0.25) is 0 Å². The number of hydrogen-bond donors (Lipinski definition) is 2. The van der Waals surface area contributed by atoms with E-state index in [-0.39, 0.29) is 11.5 Å². The molecule has 584 valence electrons. The third-order valence-corrected chi connectivity index (χ3v) is 27.0. The van der Waals surface area contributed by atoms with Crippen molar-refractivity contribution in [1.82, 2.24) is 18.3 Å². The van der Waals surface area contributed by atoms with Gasteiger partial charge in [0.05, 0.1) is 33.4 Å². The highest BCUT2D eigenvalue weighted by Gasteiger charge is 2.39. The lowest BCUT2D eigenvalue weighted by Gasteiger charge is -2.40. The maximum atomic E-state index is 12.3. The first-order chi connectivity index (χ1) is 59.9. The zero-order valence-corrected chi connectivity index (χ0v) is 68.1. The summed E-state index contributed by atoms with van der Waals surface area (Å²) >= 11 is 0. The standard InChI is InChI=1S/C113H80N8O2/c1-65-81-45-49-85-69(5)118(70(6)86-50-46-82(109(81)111(85)86)66(2)116(65)77-55-73(63-114-97-35-19-11-27-89(97)90-28-12-20-36-98(90)114)57-79(61-77)120-101-39-23-15-31-93(101)94-32-16-24-40-102(94)120)105-59-75(43-53-107(105)122)113(9,10)76-44-54-108(123)106(60-76)119-71(7)87-51-47-83-67(3)117(68(4)84-48-52-88(72(119)8)112(87)110(83)84)78-56-74(64-115-99-37-21-13-29-91(99)92-30-14-22-38-100(92)115)58-80(62-78)121-103-41-25-17-33-95(103)96-34-18-26-42-104(96)121/h11-62,122-123H,1-8,63-64H2,9-10H3. The van der Waals surface area contributed by atoms with Crippen molar-refractivity contribution >= 4 is 177 Å². The van der Waals surface area contributed by atoms with Crippen LogP contribution in [-0.4, -0.2) is 28.5 Å². The average Bonchev–Trinajstić information content (AvgIpc) is 1.39. The molecule has 0 aliphatic carbocycles. The quantitative estimate of drug-likeness (QED) is 0.127. The van der Waals surface area contributed by atoms with Crippen LogP contribution in [-0.2, 0) is 18.5 Å². The zero-order valence-electron chi connectivity index (χ0n) is 68.1. The third-order valence-electron chi connectivity index (χ3n) is 27.0. The summed E-state index contributed by atoms with van der Waals surface area (Å²) in [5.41, 5.74) is 30.9. The van der Waals surface area contributed by atoms with Crippen LogP contribution in [0.3, 0.4) is 0 Å². The predicted molar refractivity (Wildman–Crippen MR) is 517 cm³/mol. The predicted octanol–water partition coefficient (Wildman–Crippen LogP) is 28.1. The van der Waals surface area contributed by atoms with E-state index >= 15 is 0 Å². The summed E-state index contributed by atoms with van der Waals surface area (Å²) in [5.74, 6) is 0.139. The summed E-state index contributed by atoms with van der Waals surface area (Å²) in [6.45, 7) is 44.7. The second-order valence-electron chi connectivity index (χ2n) is 33.8. The Bertz CT molecular complexity index is 7510. The van der Waals surface area contributed by atoms with Crippen LogP contribution in [0.4, 0.5) is 22.7 Å². The molecule has 10 heteroatoms. The van der Waals surface area contributed by atoms with Crippen molar-refractivity contribution in [2.45, 2.75) is 32.4 Å². The molecule has 0 radical (unpaired) electrons. The molecule has 20 aromatic rings. The number of nitrogens with zero attached hydrogens (tertiary/aromatic N) is 8. The number of aromatic hydroxyl groups is 2. The number of fused-ring (bicyclic) bond motifs is 12. The first-order valence-corrected chi connectivity index (χ1v) is 41.7. The van der Waals surface area contributed by atoms with Gasteiger partial charge in [-0.2, -0.15) is 0 Å². The number of hydrogen-bond acceptors (Lipinski definition) is 6. The molecule has 0 spiro atoms. The SMILES string of the molecule is C=C1c2ccc3c4c(ccc(c24)C(=C)N1c1cc(Cn2c4ccccc4c4ccccc42)cc(-n2c4ccccc4c4ccccc42)c1)C(=C)N(c1cc(C(C)(C)c2ccc(O)c(N4C(=C)c5ccc6c7c(ccc(c57)C4=C)C(=C)N(c4cc(Cn5c7ccccc7c7ccccc75)cc(-n5c7ccccc7c7ccccc75)c4)C6=C)c2)ccc1O)C3=C. The van der Waals surface area contributed by atoms with Gasteiger partial charge >= 0.3 is 0 Å². The van der Waals surface area contributed by atoms with Crippen LogP contribution in [0, 0.1) is 0 Å². The molecular formula is C113H80N8O2. The fourth-order valence-corrected chi connectivity index (χ4v) is 21.2. The number of anilines is 4. The summed E-state index contributed by atoms with van der Waals surface area (Å²) in [5, 5.41) is 38.3. The van der Waals surface area contributed by atoms with Crippen LogP contribution in [0.2, 0.25) is 0 Å². The van der Waals surface area contributed by atoms with Gasteiger partial charge in [0.25, 0.3) is 0 Å². The lowest BCUT2D eigenvalue weighted by atomic mass is 9.77. The molecule has 0 atom stereocenters. The molecule has 2 N–H and O–H groups in total. The van der Waals surface area contributed by atoms with E-state index < -0.39 is 5.41 Å². The van der Waals surface area contributed by atoms with Gasteiger partial charge in [0.15, 0.2) is 0 Å². The second kappa shape index (κ2) is 26.0. The number of para-hydroxylation sites is 8. The van der Waals surface area contributed by atoms with Gasteiger partial charge in [-0.25, -0.2) is 0 Å². The Kier molecular flexibility index (Phi) is 15.0. The second-order valence-corrected chi connectivity index (χ2v) is 33.8. The highest BCUT2D eigenvalue weighted by molar-refractivity contribution is 6.24. The fraction of sp³-hybridized carbons (Fsp3) is 0.0442. The lowest BCUT2D eigenvalue weighted by Crippen LogP contribution is -2.27. The Morgan fingerprint density at radius 1 is 0.236 bits per heavy atom. The van der Waals surface area contributed by atoms with Crippen LogP contribution in [0.25, 0.3) is 166 Å². The normalized spacial score (nSPS) is 14.1. The first-order valence-electron chi connectivity index (χ1n) is 41.7. The third kappa shape index (κ3) is 10.0. The molecule has 0 saturated heterocycles. The van der Waals surface area contributed by atoms with E-state index in [0.717, 1.165) is 156 Å². The smallest absolute Gasteiger partial charge is 0.139 e. The molecule has 0 saturated carbocycles. The van der Waals surface area contributed by atoms with Crippen LogP contribution in [0.1, 0.15) is 80.6 Å². The number of aromatic nitrogens is 4. The summed E-state index contributed by atoms with van der Waals surface area (Å²) in [7, 11) is 0. The first kappa shape index (κ1) is 71.1. The molecule has 4 aromatic heterocycles. The Morgan fingerprint density at radius 2 is 0.455 bits per heavy atom. The van der Waals surface area contributed by atoms with Crippen molar-refractivity contribution in [3.63, 3.8) is 0 Å². The topological polar surface area (TPSA) is 73.1 Å². The minimum absolute atomic E-state index is 0.0697. The van der Waals surface area contributed by atoms with Gasteiger partial charge in [-0.15, -0.1) is 0 Å². The van der Waals surface area contributed by atoms with Crippen LogP contribution in [0.15, 0.2) is 368 Å². The van der Waals surface area contributed by atoms with Gasteiger partial charge in [-0.1, -0.05) is 273 Å².